The van der Waals surface area contributed by atoms with Crippen molar-refractivity contribution in [1.29, 1.82) is 0 Å². The van der Waals surface area contributed by atoms with Gasteiger partial charge in [0, 0.05) is 17.1 Å². The third-order valence-electron chi connectivity index (χ3n) is 7.08. The Balaban J connectivity index is 1.53. The molecule has 4 heterocycles. The number of nitrogens with one attached hydrogen (secondary N) is 2. The Kier molecular flexibility index (Phi) is 5.48. The lowest BCUT2D eigenvalue weighted by Crippen LogP contribution is -2.30. The molecule has 40 heavy (non-hydrogen) atoms. The number of benzene rings is 3. The van der Waals surface area contributed by atoms with Gasteiger partial charge in [-0.2, -0.15) is 4.52 Å². The van der Waals surface area contributed by atoms with Gasteiger partial charge >= 0.3 is 6.03 Å². The summed E-state index contributed by atoms with van der Waals surface area (Å²) < 4.78 is 1.46. The summed E-state index contributed by atoms with van der Waals surface area (Å²) in [7, 11) is 0. The molecule has 2 N–H and O–H groups in total. The van der Waals surface area contributed by atoms with Gasteiger partial charge in [-0.05, 0) is 29.3 Å². The van der Waals surface area contributed by atoms with E-state index in [-0.39, 0.29) is 24.6 Å². The average molecular weight is 527 g/mol. The van der Waals surface area contributed by atoms with E-state index in [0.29, 0.717) is 22.5 Å². The number of H-pyrrole nitrogens is 1. The van der Waals surface area contributed by atoms with E-state index < -0.39 is 6.03 Å². The number of carbonyl (C=O) groups excluding carboxylic acids is 2. The zero-order valence-electron chi connectivity index (χ0n) is 21.2. The number of hydrogen-bond acceptors (Lipinski definition) is 5. The molecular weight excluding hydrogens is 504 g/mol. The Hall–Kier alpha value is -5.57. The minimum Gasteiger partial charge on any atom is -0.309 e. The lowest BCUT2D eigenvalue weighted by Gasteiger charge is -2.16. The number of urea groups is 1. The standard InChI is InChI=1S/C31H22N6O3/c38-25-18-36(31(40)34-25)17-24-26(22-13-14-23-21(16-22)12-7-15-32-23)30(39)37-29(33-24)27(19-8-3-1-4-9-19)28(35-37)20-10-5-2-6-11-20/h1-16,35H,17-18H2,(H,34,38,40). The molecule has 9 nitrogen and oxygen atoms in total. The van der Waals surface area contributed by atoms with Crippen LogP contribution in [0.3, 0.4) is 0 Å². The lowest BCUT2D eigenvalue weighted by atomic mass is 10.0. The number of aromatic amines is 1. The van der Waals surface area contributed by atoms with Gasteiger partial charge in [0.15, 0.2) is 5.65 Å². The van der Waals surface area contributed by atoms with Crippen molar-refractivity contribution in [2.24, 2.45) is 0 Å². The number of nitrogens with zero attached hydrogens (tertiary/aromatic N) is 4. The van der Waals surface area contributed by atoms with Crippen LogP contribution in [0.4, 0.5) is 4.79 Å². The molecule has 1 aliphatic rings. The third-order valence-corrected chi connectivity index (χ3v) is 7.08. The first-order valence-electron chi connectivity index (χ1n) is 12.8. The van der Waals surface area contributed by atoms with Crippen molar-refractivity contribution < 1.29 is 9.59 Å². The van der Waals surface area contributed by atoms with E-state index in [1.54, 1.807) is 6.20 Å². The van der Waals surface area contributed by atoms with Crippen LogP contribution in [0.25, 0.3) is 50.1 Å². The van der Waals surface area contributed by atoms with Crippen molar-refractivity contribution in [1.82, 2.24) is 29.8 Å². The second-order valence-electron chi connectivity index (χ2n) is 9.61. The van der Waals surface area contributed by atoms with E-state index in [0.717, 1.165) is 33.3 Å². The van der Waals surface area contributed by atoms with E-state index in [1.807, 2.05) is 91.0 Å². The molecule has 0 saturated carbocycles. The second-order valence-corrected chi connectivity index (χ2v) is 9.61. The minimum atomic E-state index is -0.511. The molecule has 3 amide bonds. The molecule has 194 valence electrons. The van der Waals surface area contributed by atoms with Crippen LogP contribution >= 0.6 is 0 Å². The Bertz CT molecular complexity index is 2000. The first kappa shape index (κ1) is 23.5. The van der Waals surface area contributed by atoms with Gasteiger partial charge in [0.2, 0.25) is 5.91 Å². The molecule has 0 atom stereocenters. The van der Waals surface area contributed by atoms with Crippen LogP contribution in [0, 0.1) is 0 Å². The predicted octanol–water partition coefficient (Wildman–Crippen LogP) is 4.62. The summed E-state index contributed by atoms with van der Waals surface area (Å²) in [6, 6.07) is 28.3. The summed E-state index contributed by atoms with van der Waals surface area (Å²) in [5.41, 5.74) is 5.60. The quantitative estimate of drug-likeness (QED) is 0.318. The normalized spacial score (nSPS) is 13.3. The number of hydrogen-bond donors (Lipinski definition) is 2. The maximum atomic E-state index is 14.3. The molecular formula is C31H22N6O3. The first-order valence-corrected chi connectivity index (χ1v) is 12.8. The summed E-state index contributed by atoms with van der Waals surface area (Å²) in [4.78, 5) is 49.6. The molecule has 0 aliphatic carbocycles. The highest BCUT2D eigenvalue weighted by atomic mass is 16.2. The van der Waals surface area contributed by atoms with E-state index in [9.17, 15) is 14.4 Å². The largest absolute Gasteiger partial charge is 0.324 e. The van der Waals surface area contributed by atoms with Crippen LogP contribution in [0.15, 0.2) is 102 Å². The summed E-state index contributed by atoms with van der Waals surface area (Å²) in [5.74, 6) is -0.390. The molecule has 3 aromatic heterocycles. The number of amides is 3. The van der Waals surface area contributed by atoms with Gasteiger partial charge in [-0.15, -0.1) is 0 Å². The Morgan fingerprint density at radius 1 is 0.775 bits per heavy atom. The van der Waals surface area contributed by atoms with E-state index >= 15 is 0 Å². The number of imide groups is 1. The maximum Gasteiger partial charge on any atom is 0.324 e. The van der Waals surface area contributed by atoms with Gasteiger partial charge in [-0.25, -0.2) is 9.78 Å². The zero-order chi connectivity index (χ0) is 27.2. The van der Waals surface area contributed by atoms with Gasteiger partial charge in [0.05, 0.1) is 34.6 Å². The van der Waals surface area contributed by atoms with Gasteiger partial charge in [-0.1, -0.05) is 72.8 Å². The number of fused-ring (bicyclic) bond motifs is 2. The topological polar surface area (TPSA) is 112 Å². The molecule has 9 heteroatoms. The van der Waals surface area contributed by atoms with Gasteiger partial charge < -0.3 is 4.90 Å². The number of rotatable bonds is 5. The molecule has 1 saturated heterocycles. The van der Waals surface area contributed by atoms with Gasteiger partial charge in [-0.3, -0.25) is 25.0 Å². The van der Waals surface area contributed by atoms with Crippen LogP contribution in [-0.4, -0.2) is 43.0 Å². The highest BCUT2D eigenvalue weighted by Crippen LogP contribution is 2.35. The molecule has 0 bridgehead atoms. The molecule has 3 aromatic carbocycles. The fourth-order valence-corrected chi connectivity index (χ4v) is 5.24. The fraction of sp³-hybridized carbons (Fsp3) is 0.0645. The van der Waals surface area contributed by atoms with Crippen molar-refractivity contribution in [2.75, 3.05) is 6.54 Å². The smallest absolute Gasteiger partial charge is 0.309 e. The number of carbonyl (C=O) groups is 2. The molecule has 7 rings (SSSR count). The summed E-state index contributed by atoms with van der Waals surface area (Å²) in [6.07, 6.45) is 1.72. The predicted molar refractivity (Wildman–Crippen MR) is 151 cm³/mol. The van der Waals surface area contributed by atoms with E-state index in [1.165, 1.54) is 9.42 Å². The highest BCUT2D eigenvalue weighted by Gasteiger charge is 2.30. The summed E-state index contributed by atoms with van der Waals surface area (Å²) in [6.45, 7) is -0.112. The van der Waals surface area contributed by atoms with Crippen molar-refractivity contribution in [2.45, 2.75) is 6.54 Å². The van der Waals surface area contributed by atoms with E-state index in [2.05, 4.69) is 15.4 Å². The second kappa shape index (κ2) is 9.32. The number of aromatic nitrogens is 4. The highest BCUT2D eigenvalue weighted by molar-refractivity contribution is 6.02. The number of pyridine rings is 1. The van der Waals surface area contributed by atoms with Crippen LogP contribution < -0.4 is 10.9 Å². The van der Waals surface area contributed by atoms with Crippen LogP contribution in [0.5, 0.6) is 0 Å². The Morgan fingerprint density at radius 2 is 1.52 bits per heavy atom. The molecule has 1 aliphatic heterocycles. The molecule has 6 aromatic rings. The fourth-order valence-electron chi connectivity index (χ4n) is 5.24. The minimum absolute atomic E-state index is 0.0101. The van der Waals surface area contributed by atoms with Crippen molar-refractivity contribution >= 4 is 28.5 Å². The summed E-state index contributed by atoms with van der Waals surface area (Å²) in [5, 5.41) is 6.49. The molecule has 1 fully saturated rings. The van der Waals surface area contributed by atoms with Crippen LogP contribution in [-0.2, 0) is 11.3 Å². The van der Waals surface area contributed by atoms with Crippen molar-refractivity contribution in [3.05, 3.63) is 113 Å². The van der Waals surface area contributed by atoms with E-state index in [4.69, 9.17) is 4.98 Å². The van der Waals surface area contributed by atoms with Crippen LogP contribution in [0.2, 0.25) is 0 Å². The monoisotopic (exact) mass is 526 g/mol. The molecule has 0 unspecified atom stereocenters. The lowest BCUT2D eigenvalue weighted by molar-refractivity contribution is -0.118. The van der Waals surface area contributed by atoms with Crippen molar-refractivity contribution in [3.8, 4) is 33.5 Å². The van der Waals surface area contributed by atoms with Crippen molar-refractivity contribution in [3.63, 3.8) is 0 Å². The van der Waals surface area contributed by atoms with Gasteiger partial charge in [0.25, 0.3) is 5.56 Å². The van der Waals surface area contributed by atoms with Gasteiger partial charge in [0.1, 0.15) is 6.54 Å². The Morgan fingerprint density at radius 3 is 2.25 bits per heavy atom. The molecule has 0 spiro atoms. The van der Waals surface area contributed by atoms with Crippen LogP contribution in [0.1, 0.15) is 5.69 Å². The third kappa shape index (κ3) is 3.92. The first-order chi connectivity index (χ1) is 19.6. The summed E-state index contributed by atoms with van der Waals surface area (Å²) >= 11 is 0. The molecule has 0 radical (unpaired) electrons. The maximum absolute atomic E-state index is 14.3. The Labute approximate surface area is 227 Å². The zero-order valence-corrected chi connectivity index (χ0v) is 21.2. The SMILES string of the molecule is O=C1CN(Cc2nc3c(-c4ccccc4)c(-c4ccccc4)[nH]n3c(=O)c2-c2ccc3ncccc3c2)C(=O)N1. The average Bonchev–Trinajstić information content (AvgIpc) is 3.52.